The minimum atomic E-state index is -0.713. The molecule has 92 valence electrons. The second-order valence-corrected chi connectivity index (χ2v) is 4.51. The fraction of sp³-hybridized carbons (Fsp3) is 0.545. The van der Waals surface area contributed by atoms with Gasteiger partial charge in [-0.1, -0.05) is 11.6 Å². The fourth-order valence-electron chi connectivity index (χ4n) is 1.97. The molecule has 5 nitrogen and oxygen atoms in total. The third kappa shape index (κ3) is 3.30. The first-order valence-electron chi connectivity index (χ1n) is 5.54. The number of ether oxygens (including phenoxy) is 1. The van der Waals surface area contributed by atoms with Crippen LogP contribution in [0.4, 0.5) is 0 Å². The maximum absolute atomic E-state index is 10.8. The SMILES string of the molecule is O=C(O)C1CCC(Oc2ccc(Cl)nn2)CC1. The topological polar surface area (TPSA) is 72.3 Å². The van der Waals surface area contributed by atoms with E-state index in [0.717, 1.165) is 12.8 Å². The van der Waals surface area contributed by atoms with Gasteiger partial charge in [0.2, 0.25) is 5.88 Å². The third-order valence-corrected chi connectivity index (χ3v) is 3.12. The summed E-state index contributed by atoms with van der Waals surface area (Å²) in [4.78, 5) is 10.8. The van der Waals surface area contributed by atoms with Crippen LogP contribution in [0.2, 0.25) is 5.15 Å². The van der Waals surface area contributed by atoms with Gasteiger partial charge in [-0.2, -0.15) is 0 Å². The van der Waals surface area contributed by atoms with Gasteiger partial charge in [0.15, 0.2) is 5.15 Å². The van der Waals surface area contributed by atoms with Crippen molar-refractivity contribution in [2.24, 2.45) is 5.92 Å². The summed E-state index contributed by atoms with van der Waals surface area (Å²) in [6, 6.07) is 3.28. The van der Waals surface area contributed by atoms with Crippen LogP contribution in [0.15, 0.2) is 12.1 Å². The number of halogens is 1. The van der Waals surface area contributed by atoms with E-state index in [1.165, 1.54) is 0 Å². The zero-order valence-electron chi connectivity index (χ0n) is 9.17. The lowest BCUT2D eigenvalue weighted by molar-refractivity contribution is -0.143. The maximum Gasteiger partial charge on any atom is 0.306 e. The first kappa shape index (κ1) is 12.1. The Morgan fingerprint density at radius 2 is 2.00 bits per heavy atom. The molecule has 1 aliphatic carbocycles. The van der Waals surface area contributed by atoms with Crippen molar-refractivity contribution in [2.45, 2.75) is 31.8 Å². The molecule has 0 radical (unpaired) electrons. The maximum atomic E-state index is 10.8. The lowest BCUT2D eigenvalue weighted by Crippen LogP contribution is -2.28. The van der Waals surface area contributed by atoms with Crippen LogP contribution in [0.1, 0.15) is 25.7 Å². The number of aromatic nitrogens is 2. The number of carbonyl (C=O) groups is 1. The number of carboxylic acids is 1. The van der Waals surface area contributed by atoms with Crippen LogP contribution in [-0.4, -0.2) is 27.4 Å². The van der Waals surface area contributed by atoms with E-state index in [1.54, 1.807) is 12.1 Å². The number of carboxylic acid groups (broad SMARTS) is 1. The van der Waals surface area contributed by atoms with Crippen molar-refractivity contribution < 1.29 is 14.6 Å². The Balaban J connectivity index is 1.85. The molecule has 0 spiro atoms. The molecular formula is C11H13ClN2O3. The van der Waals surface area contributed by atoms with E-state index in [9.17, 15) is 4.79 Å². The largest absolute Gasteiger partial charge is 0.481 e. The molecular weight excluding hydrogens is 244 g/mol. The summed E-state index contributed by atoms with van der Waals surface area (Å²) >= 11 is 5.61. The summed E-state index contributed by atoms with van der Waals surface area (Å²) in [5.41, 5.74) is 0. The Morgan fingerprint density at radius 1 is 1.29 bits per heavy atom. The van der Waals surface area contributed by atoms with Gasteiger partial charge in [-0.3, -0.25) is 4.79 Å². The second-order valence-electron chi connectivity index (χ2n) is 4.12. The normalized spacial score (nSPS) is 24.3. The van der Waals surface area contributed by atoms with E-state index >= 15 is 0 Å². The quantitative estimate of drug-likeness (QED) is 0.897. The molecule has 6 heteroatoms. The van der Waals surface area contributed by atoms with Gasteiger partial charge in [0, 0.05) is 6.07 Å². The lowest BCUT2D eigenvalue weighted by Gasteiger charge is -2.26. The van der Waals surface area contributed by atoms with Gasteiger partial charge in [0.05, 0.1) is 5.92 Å². The van der Waals surface area contributed by atoms with Crippen molar-refractivity contribution >= 4 is 17.6 Å². The number of nitrogens with zero attached hydrogens (tertiary/aromatic N) is 2. The van der Waals surface area contributed by atoms with Crippen molar-refractivity contribution in [3.63, 3.8) is 0 Å². The molecule has 0 amide bonds. The highest BCUT2D eigenvalue weighted by Gasteiger charge is 2.27. The van der Waals surface area contributed by atoms with Crippen LogP contribution < -0.4 is 4.74 Å². The van der Waals surface area contributed by atoms with Crippen LogP contribution in [0, 0.1) is 5.92 Å². The first-order valence-corrected chi connectivity index (χ1v) is 5.91. The van der Waals surface area contributed by atoms with E-state index in [1.807, 2.05) is 0 Å². The summed E-state index contributed by atoms with van der Waals surface area (Å²) in [6.45, 7) is 0. The number of aliphatic carboxylic acids is 1. The number of hydrogen-bond acceptors (Lipinski definition) is 4. The van der Waals surface area contributed by atoms with Gasteiger partial charge in [-0.05, 0) is 31.7 Å². The molecule has 1 aromatic heterocycles. The summed E-state index contributed by atoms with van der Waals surface area (Å²) < 4.78 is 5.61. The highest BCUT2D eigenvalue weighted by molar-refractivity contribution is 6.29. The Bertz CT molecular complexity index is 388. The van der Waals surface area contributed by atoms with E-state index in [0.29, 0.717) is 23.9 Å². The number of hydrogen-bond donors (Lipinski definition) is 1. The standard InChI is InChI=1S/C11H13ClN2O3/c12-9-5-6-10(14-13-9)17-8-3-1-7(2-4-8)11(15)16/h5-8H,1-4H2,(H,15,16). The molecule has 17 heavy (non-hydrogen) atoms. The number of rotatable bonds is 3. The van der Waals surface area contributed by atoms with Crippen molar-refractivity contribution in [3.8, 4) is 5.88 Å². The minimum absolute atomic E-state index is 0.0288. The average Bonchev–Trinajstić information content (AvgIpc) is 2.33. The molecule has 0 saturated heterocycles. The Hall–Kier alpha value is -1.36. The van der Waals surface area contributed by atoms with E-state index in [-0.39, 0.29) is 12.0 Å². The van der Waals surface area contributed by atoms with Crippen molar-refractivity contribution in [3.05, 3.63) is 17.3 Å². The monoisotopic (exact) mass is 256 g/mol. The van der Waals surface area contributed by atoms with Crippen LogP contribution in [-0.2, 0) is 4.79 Å². The van der Waals surface area contributed by atoms with E-state index in [4.69, 9.17) is 21.4 Å². The molecule has 0 bridgehead atoms. The molecule has 2 rings (SSSR count). The molecule has 0 aliphatic heterocycles. The van der Waals surface area contributed by atoms with Crippen LogP contribution in [0.5, 0.6) is 5.88 Å². The van der Waals surface area contributed by atoms with Gasteiger partial charge in [0.25, 0.3) is 0 Å². The van der Waals surface area contributed by atoms with Crippen molar-refractivity contribution in [1.82, 2.24) is 10.2 Å². The van der Waals surface area contributed by atoms with Crippen LogP contribution >= 0.6 is 11.6 Å². The van der Waals surface area contributed by atoms with Crippen LogP contribution in [0.3, 0.4) is 0 Å². The highest BCUT2D eigenvalue weighted by Crippen LogP contribution is 2.27. The molecule has 1 saturated carbocycles. The van der Waals surface area contributed by atoms with Gasteiger partial charge < -0.3 is 9.84 Å². The molecule has 1 N–H and O–H groups in total. The van der Waals surface area contributed by atoms with Crippen LogP contribution in [0.25, 0.3) is 0 Å². The zero-order chi connectivity index (χ0) is 12.3. The molecule has 0 atom stereocenters. The predicted octanol–water partition coefficient (Wildman–Crippen LogP) is 2.15. The van der Waals surface area contributed by atoms with E-state index in [2.05, 4.69) is 10.2 Å². The second kappa shape index (κ2) is 5.31. The van der Waals surface area contributed by atoms with Gasteiger partial charge in [-0.25, -0.2) is 0 Å². The molecule has 1 aromatic rings. The Labute approximate surface area is 104 Å². The van der Waals surface area contributed by atoms with Gasteiger partial charge in [-0.15, -0.1) is 10.2 Å². The lowest BCUT2D eigenvalue weighted by atomic mass is 9.87. The summed E-state index contributed by atoms with van der Waals surface area (Å²) in [5, 5.41) is 16.7. The predicted molar refractivity (Wildman–Crippen MR) is 61.1 cm³/mol. The minimum Gasteiger partial charge on any atom is -0.481 e. The summed E-state index contributed by atoms with van der Waals surface area (Å²) in [5.74, 6) is -0.505. The molecule has 0 aromatic carbocycles. The average molecular weight is 257 g/mol. The van der Waals surface area contributed by atoms with Gasteiger partial charge >= 0.3 is 5.97 Å². The Morgan fingerprint density at radius 3 is 2.53 bits per heavy atom. The smallest absolute Gasteiger partial charge is 0.306 e. The molecule has 1 heterocycles. The summed E-state index contributed by atoms with van der Waals surface area (Å²) in [7, 11) is 0. The van der Waals surface area contributed by atoms with Gasteiger partial charge in [0.1, 0.15) is 6.10 Å². The zero-order valence-corrected chi connectivity index (χ0v) is 9.93. The molecule has 0 unspecified atom stereocenters. The van der Waals surface area contributed by atoms with Crippen molar-refractivity contribution in [2.75, 3.05) is 0 Å². The third-order valence-electron chi connectivity index (χ3n) is 2.92. The highest BCUT2D eigenvalue weighted by atomic mass is 35.5. The first-order chi connectivity index (χ1) is 8.15. The van der Waals surface area contributed by atoms with Crippen molar-refractivity contribution in [1.29, 1.82) is 0 Å². The fourth-order valence-corrected chi connectivity index (χ4v) is 2.07. The summed E-state index contributed by atoms with van der Waals surface area (Å²) in [6.07, 6.45) is 2.81. The van der Waals surface area contributed by atoms with E-state index < -0.39 is 5.97 Å². The molecule has 1 aliphatic rings. The molecule has 1 fully saturated rings. The Kier molecular flexibility index (Phi) is 3.78.